The quantitative estimate of drug-likeness (QED) is 0.907. The van der Waals surface area contributed by atoms with E-state index in [4.69, 9.17) is 9.84 Å². The van der Waals surface area contributed by atoms with Crippen LogP contribution in [-0.4, -0.2) is 23.6 Å². The number of ether oxygens (including phenoxy) is 1. The molecule has 21 heavy (non-hydrogen) atoms. The van der Waals surface area contributed by atoms with E-state index in [0.29, 0.717) is 11.4 Å². The summed E-state index contributed by atoms with van der Waals surface area (Å²) in [6.45, 7) is 0.264. The van der Waals surface area contributed by atoms with Crippen LogP contribution in [0.4, 0.5) is 5.69 Å². The monoisotopic (exact) mass is 283 g/mol. The highest BCUT2D eigenvalue weighted by Crippen LogP contribution is 2.34. The van der Waals surface area contributed by atoms with Crippen LogP contribution < -0.4 is 10.1 Å². The maximum absolute atomic E-state index is 12.4. The minimum Gasteiger partial charge on any atom is -0.492 e. The van der Waals surface area contributed by atoms with Crippen LogP contribution in [0.1, 0.15) is 21.8 Å². The van der Waals surface area contributed by atoms with Crippen LogP contribution in [0.5, 0.6) is 5.75 Å². The Balaban J connectivity index is 1.84. The van der Waals surface area contributed by atoms with Gasteiger partial charge in [-0.2, -0.15) is 0 Å². The molecule has 5 heteroatoms. The molecular weight excluding hydrogens is 270 g/mol. The first-order chi connectivity index (χ1) is 10.2. The lowest BCUT2D eigenvalue weighted by Gasteiger charge is -2.12. The molecule has 2 N–H and O–H groups in total. The lowest BCUT2D eigenvalue weighted by Crippen LogP contribution is -2.23. The average Bonchev–Trinajstić information content (AvgIpc) is 2.91. The predicted octanol–water partition coefficient (Wildman–Crippen LogP) is 2.50. The van der Waals surface area contributed by atoms with Crippen molar-refractivity contribution in [2.75, 3.05) is 11.9 Å². The fourth-order valence-corrected chi connectivity index (χ4v) is 2.38. The molecule has 1 amide bonds. The standard InChI is InChI=1S/C16H13NO4/c18-15(12-9-21-14-8-4-2-5-10(12)14)17-13-7-3-1-6-11(13)16(19)20/h1-8,12H,9H2,(H,17,18)(H,19,20). The molecule has 1 atom stereocenters. The van der Waals surface area contributed by atoms with Crippen molar-refractivity contribution in [1.82, 2.24) is 0 Å². The van der Waals surface area contributed by atoms with Crippen molar-refractivity contribution in [2.45, 2.75) is 5.92 Å². The number of nitrogens with one attached hydrogen (secondary N) is 1. The normalized spacial score (nSPS) is 15.9. The Morgan fingerprint density at radius 1 is 1.10 bits per heavy atom. The number of aromatic carboxylic acids is 1. The van der Waals surface area contributed by atoms with Gasteiger partial charge in [0, 0.05) is 5.56 Å². The number of carbonyl (C=O) groups is 2. The SMILES string of the molecule is O=C(O)c1ccccc1NC(=O)C1COc2ccccc21. The first-order valence-electron chi connectivity index (χ1n) is 6.51. The fourth-order valence-electron chi connectivity index (χ4n) is 2.38. The smallest absolute Gasteiger partial charge is 0.337 e. The Hall–Kier alpha value is -2.82. The second-order valence-electron chi connectivity index (χ2n) is 4.74. The zero-order valence-electron chi connectivity index (χ0n) is 11.1. The van der Waals surface area contributed by atoms with E-state index < -0.39 is 11.9 Å². The number of carbonyl (C=O) groups excluding carboxylic acids is 1. The Morgan fingerprint density at radius 3 is 2.62 bits per heavy atom. The lowest BCUT2D eigenvalue weighted by molar-refractivity contribution is -0.117. The molecule has 0 spiro atoms. The number of amides is 1. The molecule has 0 aliphatic carbocycles. The van der Waals surface area contributed by atoms with E-state index in [0.717, 1.165) is 5.56 Å². The van der Waals surface area contributed by atoms with Gasteiger partial charge in [-0.05, 0) is 18.2 Å². The van der Waals surface area contributed by atoms with Crippen LogP contribution in [0.25, 0.3) is 0 Å². The van der Waals surface area contributed by atoms with E-state index in [9.17, 15) is 9.59 Å². The zero-order chi connectivity index (χ0) is 14.8. The van der Waals surface area contributed by atoms with E-state index in [1.54, 1.807) is 18.2 Å². The largest absolute Gasteiger partial charge is 0.492 e. The van der Waals surface area contributed by atoms with Crippen LogP contribution in [0.3, 0.4) is 0 Å². The van der Waals surface area contributed by atoms with Gasteiger partial charge in [0.15, 0.2) is 0 Å². The Labute approximate surface area is 121 Å². The molecule has 0 bridgehead atoms. The van der Waals surface area contributed by atoms with Crippen molar-refractivity contribution in [3.8, 4) is 5.75 Å². The highest BCUT2D eigenvalue weighted by molar-refractivity contribution is 6.03. The molecule has 106 valence electrons. The molecule has 1 aliphatic rings. The molecule has 5 nitrogen and oxygen atoms in total. The minimum atomic E-state index is -1.08. The number of fused-ring (bicyclic) bond motifs is 1. The van der Waals surface area contributed by atoms with E-state index >= 15 is 0 Å². The van der Waals surface area contributed by atoms with E-state index in [2.05, 4.69) is 5.32 Å². The summed E-state index contributed by atoms with van der Waals surface area (Å²) in [4.78, 5) is 23.5. The third kappa shape index (κ3) is 2.45. The van der Waals surface area contributed by atoms with Gasteiger partial charge in [-0.25, -0.2) is 4.79 Å². The molecule has 0 aromatic heterocycles. The number of anilines is 1. The summed E-state index contributed by atoms with van der Waals surface area (Å²) in [5.41, 5.74) is 1.18. The molecule has 2 aromatic rings. The molecule has 3 rings (SSSR count). The Bertz CT molecular complexity index is 711. The number of carboxylic acids is 1. The topological polar surface area (TPSA) is 75.6 Å². The van der Waals surface area contributed by atoms with Crippen molar-refractivity contribution >= 4 is 17.6 Å². The maximum atomic E-state index is 12.4. The molecular formula is C16H13NO4. The minimum absolute atomic E-state index is 0.0676. The molecule has 0 radical (unpaired) electrons. The van der Waals surface area contributed by atoms with E-state index in [1.807, 2.05) is 24.3 Å². The summed E-state index contributed by atoms with van der Waals surface area (Å²) in [5, 5.41) is 11.8. The summed E-state index contributed by atoms with van der Waals surface area (Å²) in [6.07, 6.45) is 0. The van der Waals surface area contributed by atoms with Gasteiger partial charge < -0.3 is 15.2 Å². The fraction of sp³-hybridized carbons (Fsp3) is 0.125. The third-order valence-corrected chi connectivity index (χ3v) is 3.43. The van der Waals surface area contributed by atoms with Gasteiger partial charge in [-0.1, -0.05) is 30.3 Å². The number of hydrogen-bond donors (Lipinski definition) is 2. The number of carboxylic acid groups (broad SMARTS) is 1. The zero-order valence-corrected chi connectivity index (χ0v) is 11.1. The summed E-state index contributed by atoms with van der Waals surface area (Å²) in [6, 6.07) is 13.7. The van der Waals surface area contributed by atoms with Crippen LogP contribution in [-0.2, 0) is 4.79 Å². The van der Waals surface area contributed by atoms with Gasteiger partial charge in [-0.3, -0.25) is 4.79 Å². The van der Waals surface area contributed by atoms with Crippen molar-refractivity contribution < 1.29 is 19.4 Å². The van der Waals surface area contributed by atoms with Crippen molar-refractivity contribution in [3.05, 3.63) is 59.7 Å². The second-order valence-corrected chi connectivity index (χ2v) is 4.74. The van der Waals surface area contributed by atoms with Crippen molar-refractivity contribution in [3.63, 3.8) is 0 Å². The summed E-state index contributed by atoms with van der Waals surface area (Å²) in [7, 11) is 0. The van der Waals surface area contributed by atoms with Crippen LogP contribution in [0, 0.1) is 0 Å². The number of hydrogen-bond acceptors (Lipinski definition) is 3. The van der Waals surface area contributed by atoms with Crippen molar-refractivity contribution in [2.24, 2.45) is 0 Å². The molecule has 1 heterocycles. The highest BCUT2D eigenvalue weighted by atomic mass is 16.5. The number of benzene rings is 2. The molecule has 0 saturated heterocycles. The first kappa shape index (κ1) is 13.2. The van der Waals surface area contributed by atoms with Crippen LogP contribution in [0.2, 0.25) is 0 Å². The molecule has 0 saturated carbocycles. The van der Waals surface area contributed by atoms with Gasteiger partial charge in [0.2, 0.25) is 5.91 Å². The molecule has 2 aromatic carbocycles. The van der Waals surface area contributed by atoms with Gasteiger partial charge in [-0.15, -0.1) is 0 Å². The highest BCUT2D eigenvalue weighted by Gasteiger charge is 2.30. The first-order valence-corrected chi connectivity index (χ1v) is 6.51. The van der Waals surface area contributed by atoms with E-state index in [-0.39, 0.29) is 18.1 Å². The van der Waals surface area contributed by atoms with Gasteiger partial charge >= 0.3 is 5.97 Å². The van der Waals surface area contributed by atoms with Crippen LogP contribution >= 0.6 is 0 Å². The summed E-state index contributed by atoms with van der Waals surface area (Å²) >= 11 is 0. The third-order valence-electron chi connectivity index (χ3n) is 3.43. The molecule has 1 aliphatic heterocycles. The van der Waals surface area contributed by atoms with Crippen LogP contribution in [0.15, 0.2) is 48.5 Å². The molecule has 1 unspecified atom stereocenters. The van der Waals surface area contributed by atoms with Gasteiger partial charge in [0.1, 0.15) is 18.3 Å². The lowest BCUT2D eigenvalue weighted by atomic mass is 10.0. The average molecular weight is 283 g/mol. The maximum Gasteiger partial charge on any atom is 0.337 e. The van der Waals surface area contributed by atoms with E-state index in [1.165, 1.54) is 6.07 Å². The Kier molecular flexibility index (Phi) is 3.31. The van der Waals surface area contributed by atoms with Gasteiger partial charge in [0.05, 0.1) is 11.3 Å². The number of para-hydroxylation sites is 2. The Morgan fingerprint density at radius 2 is 1.81 bits per heavy atom. The summed E-state index contributed by atoms with van der Waals surface area (Å²) < 4.78 is 5.47. The second kappa shape index (κ2) is 5.28. The van der Waals surface area contributed by atoms with Crippen molar-refractivity contribution in [1.29, 1.82) is 0 Å². The molecule has 0 fully saturated rings. The predicted molar refractivity (Wildman–Crippen MR) is 76.7 cm³/mol. The van der Waals surface area contributed by atoms with Gasteiger partial charge in [0.25, 0.3) is 0 Å². The summed E-state index contributed by atoms with van der Waals surface area (Å²) in [5.74, 6) is -1.07. The number of rotatable bonds is 3.